The summed E-state index contributed by atoms with van der Waals surface area (Å²) in [6, 6.07) is 6.42. The van der Waals surface area contributed by atoms with E-state index in [2.05, 4.69) is 43.5 Å². The molecule has 0 bridgehead atoms. The van der Waals surface area contributed by atoms with Crippen LogP contribution in [0.3, 0.4) is 0 Å². The van der Waals surface area contributed by atoms with Crippen molar-refractivity contribution in [1.82, 2.24) is 15.3 Å². The fourth-order valence-electron chi connectivity index (χ4n) is 2.30. The highest BCUT2D eigenvalue weighted by Crippen LogP contribution is 2.17. The highest BCUT2D eigenvalue weighted by Gasteiger charge is 2.11. The second kappa shape index (κ2) is 5.88. The van der Waals surface area contributed by atoms with Crippen molar-refractivity contribution in [2.24, 2.45) is 0 Å². The molecular formula is C15H16N4O2. The van der Waals surface area contributed by atoms with E-state index in [0.717, 1.165) is 13.1 Å². The molecule has 0 atom stereocenters. The quantitative estimate of drug-likeness (QED) is 0.828. The average molecular weight is 284 g/mol. The fourth-order valence-corrected chi connectivity index (χ4v) is 2.30. The Balaban J connectivity index is 1.69. The number of methoxy groups -OCH3 is 1. The summed E-state index contributed by atoms with van der Waals surface area (Å²) < 4.78 is 4.63. The van der Waals surface area contributed by atoms with Crippen molar-refractivity contribution in [1.29, 1.82) is 0 Å². The lowest BCUT2D eigenvalue weighted by Crippen LogP contribution is -2.08. The topological polar surface area (TPSA) is 76.1 Å². The molecular weight excluding hydrogens is 268 g/mol. The number of hydrogen-bond donors (Lipinski definition) is 2. The number of carbonyl (C=O) groups excluding carboxylic acids is 1. The van der Waals surface area contributed by atoms with Gasteiger partial charge in [0.2, 0.25) is 0 Å². The molecule has 0 aliphatic carbocycles. The van der Waals surface area contributed by atoms with Crippen LogP contribution in [-0.2, 0) is 24.4 Å². The predicted octanol–water partition coefficient (Wildman–Crippen LogP) is 1.48. The molecule has 0 fully saturated rings. The van der Waals surface area contributed by atoms with E-state index in [1.807, 2.05) is 0 Å². The number of benzene rings is 1. The van der Waals surface area contributed by atoms with Gasteiger partial charge in [-0.25, -0.2) is 9.78 Å². The number of nitrogens with one attached hydrogen (secondary N) is 2. The number of nitrogens with zero attached hydrogens (tertiary/aromatic N) is 2. The van der Waals surface area contributed by atoms with Gasteiger partial charge in [0.25, 0.3) is 0 Å². The van der Waals surface area contributed by atoms with Gasteiger partial charge in [-0.05, 0) is 16.7 Å². The normalized spacial score (nSPS) is 12.8. The van der Waals surface area contributed by atoms with Crippen molar-refractivity contribution in [3.63, 3.8) is 0 Å². The Kier molecular flexibility index (Phi) is 3.79. The van der Waals surface area contributed by atoms with Gasteiger partial charge in [0.1, 0.15) is 5.82 Å². The monoisotopic (exact) mass is 284 g/mol. The van der Waals surface area contributed by atoms with E-state index in [9.17, 15) is 4.79 Å². The molecule has 2 N–H and O–H groups in total. The van der Waals surface area contributed by atoms with E-state index in [0.29, 0.717) is 12.4 Å². The lowest BCUT2D eigenvalue weighted by Gasteiger charge is -2.08. The van der Waals surface area contributed by atoms with Gasteiger partial charge in [-0.1, -0.05) is 18.2 Å². The number of aromatic nitrogens is 2. The Morgan fingerprint density at radius 2 is 2.19 bits per heavy atom. The molecule has 0 amide bonds. The summed E-state index contributed by atoms with van der Waals surface area (Å²) in [6.07, 6.45) is 2.97. The lowest BCUT2D eigenvalue weighted by molar-refractivity contribution is 0.0593. The van der Waals surface area contributed by atoms with Gasteiger partial charge in [0.15, 0.2) is 5.69 Å². The highest BCUT2D eigenvalue weighted by molar-refractivity contribution is 5.87. The van der Waals surface area contributed by atoms with E-state index in [1.54, 1.807) is 6.20 Å². The summed E-state index contributed by atoms with van der Waals surface area (Å²) in [7, 11) is 1.32. The molecule has 108 valence electrons. The van der Waals surface area contributed by atoms with Crippen LogP contribution in [0.15, 0.2) is 30.6 Å². The maximum atomic E-state index is 11.4. The molecule has 1 aromatic carbocycles. The summed E-state index contributed by atoms with van der Waals surface area (Å²) in [6.45, 7) is 2.49. The van der Waals surface area contributed by atoms with Crippen LogP contribution < -0.4 is 10.6 Å². The molecule has 0 saturated heterocycles. The van der Waals surface area contributed by atoms with E-state index >= 15 is 0 Å². The molecule has 6 nitrogen and oxygen atoms in total. The van der Waals surface area contributed by atoms with Crippen LogP contribution in [0.25, 0.3) is 0 Å². The van der Waals surface area contributed by atoms with Crippen LogP contribution >= 0.6 is 0 Å². The Morgan fingerprint density at radius 3 is 3.05 bits per heavy atom. The molecule has 21 heavy (non-hydrogen) atoms. The molecule has 1 aliphatic heterocycles. The maximum Gasteiger partial charge on any atom is 0.358 e. The minimum Gasteiger partial charge on any atom is -0.464 e. The van der Waals surface area contributed by atoms with E-state index in [1.165, 1.54) is 30.0 Å². The van der Waals surface area contributed by atoms with Gasteiger partial charge in [0.05, 0.1) is 19.5 Å². The van der Waals surface area contributed by atoms with Gasteiger partial charge in [-0.3, -0.25) is 4.98 Å². The fraction of sp³-hybridized carbons (Fsp3) is 0.267. The molecule has 0 spiro atoms. The summed E-state index contributed by atoms with van der Waals surface area (Å²) in [5.74, 6) is 0.0614. The third-order valence-corrected chi connectivity index (χ3v) is 3.40. The van der Waals surface area contributed by atoms with Gasteiger partial charge in [-0.15, -0.1) is 0 Å². The van der Waals surface area contributed by atoms with Crippen molar-refractivity contribution in [3.8, 4) is 0 Å². The molecule has 2 heterocycles. The Labute approximate surface area is 122 Å². The van der Waals surface area contributed by atoms with Crippen LogP contribution in [0.4, 0.5) is 5.82 Å². The van der Waals surface area contributed by atoms with E-state index in [-0.39, 0.29) is 5.69 Å². The van der Waals surface area contributed by atoms with E-state index < -0.39 is 5.97 Å². The van der Waals surface area contributed by atoms with Crippen molar-refractivity contribution < 1.29 is 9.53 Å². The molecule has 2 aromatic rings. The second-order valence-electron chi connectivity index (χ2n) is 4.84. The first-order chi connectivity index (χ1) is 10.3. The van der Waals surface area contributed by atoms with Crippen LogP contribution in [0, 0.1) is 0 Å². The first kappa shape index (κ1) is 13.5. The van der Waals surface area contributed by atoms with Crippen LogP contribution in [0.5, 0.6) is 0 Å². The Hall–Kier alpha value is -2.47. The largest absolute Gasteiger partial charge is 0.464 e. The highest BCUT2D eigenvalue weighted by atomic mass is 16.5. The van der Waals surface area contributed by atoms with Crippen molar-refractivity contribution >= 4 is 11.8 Å². The SMILES string of the molecule is COC(=O)c1cncc(NCc2ccc3c(c2)CNC3)n1. The number of rotatable bonds is 4. The van der Waals surface area contributed by atoms with Gasteiger partial charge in [-0.2, -0.15) is 0 Å². The van der Waals surface area contributed by atoms with Crippen molar-refractivity contribution in [3.05, 3.63) is 53.0 Å². The lowest BCUT2D eigenvalue weighted by atomic mass is 10.1. The minimum atomic E-state index is -0.491. The number of fused-ring (bicyclic) bond motifs is 1. The summed E-state index contributed by atoms with van der Waals surface area (Å²) in [4.78, 5) is 19.6. The number of carbonyl (C=O) groups is 1. The smallest absolute Gasteiger partial charge is 0.358 e. The molecule has 0 saturated carbocycles. The number of esters is 1. The summed E-state index contributed by atoms with van der Waals surface area (Å²) in [5.41, 5.74) is 4.05. The van der Waals surface area contributed by atoms with Crippen molar-refractivity contribution in [2.45, 2.75) is 19.6 Å². The van der Waals surface area contributed by atoms with Crippen LogP contribution in [-0.4, -0.2) is 23.0 Å². The Bertz CT molecular complexity index is 672. The zero-order chi connectivity index (χ0) is 14.7. The van der Waals surface area contributed by atoms with Crippen LogP contribution in [0.1, 0.15) is 27.2 Å². The molecule has 1 aliphatic rings. The standard InChI is InChI=1S/C15H16N4O2/c1-21-15(20)13-8-17-9-14(19-13)18-5-10-2-3-11-6-16-7-12(11)4-10/h2-4,8-9,16H,5-7H2,1H3,(H,18,19). The van der Waals surface area contributed by atoms with Gasteiger partial charge in [0, 0.05) is 19.6 Å². The number of anilines is 1. The van der Waals surface area contributed by atoms with Crippen LogP contribution in [0.2, 0.25) is 0 Å². The zero-order valence-corrected chi connectivity index (χ0v) is 11.7. The average Bonchev–Trinajstić information content (AvgIpc) is 3.00. The minimum absolute atomic E-state index is 0.195. The number of hydrogen-bond acceptors (Lipinski definition) is 6. The third kappa shape index (κ3) is 3.00. The first-order valence-electron chi connectivity index (χ1n) is 6.72. The molecule has 0 radical (unpaired) electrons. The number of ether oxygens (including phenoxy) is 1. The van der Waals surface area contributed by atoms with Gasteiger partial charge >= 0.3 is 5.97 Å². The molecule has 3 rings (SSSR count). The molecule has 0 unspecified atom stereocenters. The zero-order valence-electron chi connectivity index (χ0n) is 11.7. The third-order valence-electron chi connectivity index (χ3n) is 3.40. The van der Waals surface area contributed by atoms with Crippen molar-refractivity contribution in [2.75, 3.05) is 12.4 Å². The molecule has 1 aromatic heterocycles. The van der Waals surface area contributed by atoms with Gasteiger partial charge < -0.3 is 15.4 Å². The second-order valence-corrected chi connectivity index (χ2v) is 4.84. The summed E-state index contributed by atoms with van der Waals surface area (Å²) >= 11 is 0. The Morgan fingerprint density at radius 1 is 1.33 bits per heavy atom. The summed E-state index contributed by atoms with van der Waals surface area (Å²) in [5, 5.41) is 6.49. The first-order valence-corrected chi connectivity index (χ1v) is 6.72. The predicted molar refractivity (Wildman–Crippen MR) is 77.7 cm³/mol. The maximum absolute atomic E-state index is 11.4. The molecule has 6 heteroatoms. The van der Waals surface area contributed by atoms with E-state index in [4.69, 9.17) is 0 Å².